The zero-order chi connectivity index (χ0) is 32.6. The van der Waals surface area contributed by atoms with E-state index in [0.29, 0.717) is 6.07 Å². The number of nitrogens with zero attached hydrogens (tertiary/aromatic N) is 2. The molecule has 238 valence electrons. The highest BCUT2D eigenvalue weighted by Gasteiger charge is 2.33. The van der Waals surface area contributed by atoms with Crippen LogP contribution in [0.3, 0.4) is 0 Å². The minimum absolute atomic E-state index is 0.00415. The van der Waals surface area contributed by atoms with Gasteiger partial charge in [-0.1, -0.05) is 23.2 Å². The summed E-state index contributed by atoms with van der Waals surface area (Å²) in [5.74, 6) is -3.15. The summed E-state index contributed by atoms with van der Waals surface area (Å²) in [6.45, 7) is 2.86. The zero-order valence-electron chi connectivity index (χ0n) is 23.4. The summed E-state index contributed by atoms with van der Waals surface area (Å²) in [5.41, 5.74) is -1.84. The maximum absolute atomic E-state index is 13.7. The molecule has 2 aromatic rings. The van der Waals surface area contributed by atoms with Crippen LogP contribution in [0, 0.1) is 0 Å². The Morgan fingerprint density at radius 2 is 1.77 bits per heavy atom. The molecule has 2 aromatic carbocycles. The number of phenolic OH excluding ortho intramolecular Hbond substituents is 1. The van der Waals surface area contributed by atoms with Gasteiger partial charge >= 0.3 is 18.2 Å². The van der Waals surface area contributed by atoms with E-state index in [1.807, 2.05) is 0 Å². The number of aliphatic imine (C=N–C) groups is 1. The number of aromatic hydroxyl groups is 1. The molecule has 17 heteroatoms. The lowest BCUT2D eigenvalue weighted by molar-refractivity contribution is -0.144. The number of anilines is 1. The normalized spacial score (nSPS) is 13.5. The van der Waals surface area contributed by atoms with Crippen molar-refractivity contribution in [2.24, 2.45) is 4.99 Å². The number of benzene rings is 2. The number of nitrogens with one attached hydrogen (secondary N) is 3. The average molecular weight is 662 g/mol. The lowest BCUT2D eigenvalue weighted by Gasteiger charge is -2.21. The van der Waals surface area contributed by atoms with Gasteiger partial charge in [-0.25, -0.2) is 9.69 Å². The Morgan fingerprint density at radius 3 is 2.43 bits per heavy atom. The van der Waals surface area contributed by atoms with Crippen molar-refractivity contribution >= 4 is 58.7 Å². The topological polar surface area (TPSA) is 159 Å². The van der Waals surface area contributed by atoms with Crippen LogP contribution in [0.4, 0.5) is 23.7 Å². The Kier molecular flexibility index (Phi) is 11.7. The molecule has 0 saturated carbocycles. The molecule has 1 aliphatic heterocycles. The van der Waals surface area contributed by atoms with Gasteiger partial charge in [-0.15, -0.1) is 0 Å². The quantitative estimate of drug-likeness (QED) is 0.271. The molecule has 0 fully saturated rings. The van der Waals surface area contributed by atoms with Crippen LogP contribution in [0.5, 0.6) is 5.75 Å². The molecular formula is C27H28Cl2F3N5O7. The molecular weight excluding hydrogens is 634 g/mol. The van der Waals surface area contributed by atoms with Crippen LogP contribution < -0.4 is 16.0 Å². The van der Waals surface area contributed by atoms with Crippen molar-refractivity contribution in [2.75, 3.05) is 38.2 Å². The highest BCUT2D eigenvalue weighted by atomic mass is 35.5. The summed E-state index contributed by atoms with van der Waals surface area (Å²) in [6, 6.07) is 3.75. The van der Waals surface area contributed by atoms with E-state index in [2.05, 4.69) is 20.9 Å². The molecule has 0 spiro atoms. The summed E-state index contributed by atoms with van der Waals surface area (Å²) in [4.78, 5) is 55.2. The van der Waals surface area contributed by atoms with Crippen LogP contribution in [0.15, 0.2) is 35.3 Å². The number of ether oxygens (including phenoxy) is 2. The number of guanidine groups is 1. The lowest BCUT2D eigenvalue weighted by Crippen LogP contribution is -2.39. The molecule has 1 atom stereocenters. The van der Waals surface area contributed by atoms with Crippen molar-refractivity contribution in [2.45, 2.75) is 32.5 Å². The van der Waals surface area contributed by atoms with Crippen molar-refractivity contribution in [1.82, 2.24) is 15.5 Å². The fourth-order valence-corrected chi connectivity index (χ4v) is 4.55. The average Bonchev–Trinajstić information content (AvgIpc) is 3.41. The molecule has 0 aliphatic carbocycles. The smallest absolute Gasteiger partial charge is 0.416 e. The van der Waals surface area contributed by atoms with E-state index in [1.165, 1.54) is 12.1 Å². The summed E-state index contributed by atoms with van der Waals surface area (Å²) >= 11 is 12.0. The number of alkyl halides is 3. The molecule has 0 saturated heterocycles. The van der Waals surface area contributed by atoms with Crippen LogP contribution in [0.25, 0.3) is 0 Å². The summed E-state index contributed by atoms with van der Waals surface area (Å²) in [5, 5.41) is 17.7. The number of halogens is 5. The lowest BCUT2D eigenvalue weighted by atomic mass is 10.0. The van der Waals surface area contributed by atoms with Gasteiger partial charge in [0.05, 0.1) is 55.9 Å². The number of esters is 1. The molecule has 44 heavy (non-hydrogen) atoms. The summed E-state index contributed by atoms with van der Waals surface area (Å²) < 4.78 is 50.9. The van der Waals surface area contributed by atoms with E-state index in [-0.39, 0.29) is 53.6 Å². The molecule has 1 unspecified atom stereocenters. The van der Waals surface area contributed by atoms with Crippen molar-refractivity contribution < 1.29 is 46.9 Å². The van der Waals surface area contributed by atoms with Gasteiger partial charge in [-0.3, -0.25) is 19.4 Å². The van der Waals surface area contributed by atoms with E-state index < -0.39 is 65.9 Å². The fraction of sp³-hybridized carbons (Fsp3) is 0.370. The third-order valence-electron chi connectivity index (χ3n) is 5.96. The van der Waals surface area contributed by atoms with Gasteiger partial charge in [0.1, 0.15) is 5.75 Å². The monoisotopic (exact) mass is 661 g/mol. The van der Waals surface area contributed by atoms with Gasteiger partial charge in [-0.2, -0.15) is 13.2 Å². The van der Waals surface area contributed by atoms with Crippen molar-refractivity contribution in [3.63, 3.8) is 0 Å². The Labute approximate surface area is 259 Å². The van der Waals surface area contributed by atoms with Crippen molar-refractivity contribution in [3.05, 3.63) is 57.1 Å². The Hall–Kier alpha value is -4.24. The number of amides is 3. The van der Waals surface area contributed by atoms with E-state index in [0.717, 1.165) is 17.0 Å². The van der Waals surface area contributed by atoms with Crippen molar-refractivity contribution in [3.8, 4) is 5.75 Å². The second-order valence-corrected chi connectivity index (χ2v) is 9.96. The maximum Gasteiger partial charge on any atom is 0.416 e. The highest BCUT2D eigenvalue weighted by molar-refractivity contribution is 6.35. The number of rotatable bonds is 10. The molecule has 0 bridgehead atoms. The first-order valence-corrected chi connectivity index (χ1v) is 13.9. The highest BCUT2D eigenvalue weighted by Crippen LogP contribution is 2.36. The number of carbonyl (C=O) groups is 4. The molecule has 4 N–H and O–H groups in total. The van der Waals surface area contributed by atoms with Crippen LogP contribution in [0.1, 0.15) is 47.8 Å². The Balaban J connectivity index is 1.78. The maximum atomic E-state index is 13.7. The Morgan fingerprint density at radius 1 is 1.07 bits per heavy atom. The summed E-state index contributed by atoms with van der Waals surface area (Å²) in [7, 11) is 0. The van der Waals surface area contributed by atoms with Crippen LogP contribution >= 0.6 is 23.2 Å². The van der Waals surface area contributed by atoms with Crippen LogP contribution in [0.2, 0.25) is 10.0 Å². The molecule has 12 nitrogen and oxygen atoms in total. The first-order valence-electron chi connectivity index (χ1n) is 13.1. The second kappa shape index (κ2) is 15.0. The van der Waals surface area contributed by atoms with Gasteiger partial charge < -0.3 is 30.5 Å². The first-order chi connectivity index (χ1) is 20.7. The zero-order valence-corrected chi connectivity index (χ0v) is 24.9. The fourth-order valence-electron chi connectivity index (χ4n) is 4.04. The van der Waals surface area contributed by atoms with E-state index in [9.17, 15) is 37.5 Å². The van der Waals surface area contributed by atoms with Crippen LogP contribution in [-0.2, 0) is 25.2 Å². The number of hydrogen-bond donors (Lipinski definition) is 4. The molecule has 0 radical (unpaired) electrons. The van der Waals surface area contributed by atoms with Crippen molar-refractivity contribution in [1.29, 1.82) is 0 Å². The van der Waals surface area contributed by atoms with E-state index >= 15 is 0 Å². The molecule has 0 aromatic heterocycles. The summed E-state index contributed by atoms with van der Waals surface area (Å²) in [6.07, 6.45) is -6.03. The van der Waals surface area contributed by atoms with E-state index in [1.54, 1.807) is 13.8 Å². The predicted octanol–water partition coefficient (Wildman–Crippen LogP) is 4.50. The number of carbonyl (C=O) groups excluding carboxylic acids is 4. The number of hydrogen-bond acceptors (Lipinski definition) is 9. The minimum atomic E-state index is -4.84. The van der Waals surface area contributed by atoms with Gasteiger partial charge in [0.15, 0.2) is 0 Å². The molecule has 3 rings (SSSR count). The van der Waals surface area contributed by atoms with E-state index in [4.69, 9.17) is 32.7 Å². The molecule has 1 heterocycles. The van der Waals surface area contributed by atoms with Gasteiger partial charge in [0.2, 0.25) is 11.9 Å². The molecule has 3 amide bonds. The number of phenols is 1. The van der Waals surface area contributed by atoms with Crippen LogP contribution in [-0.4, -0.2) is 72.7 Å². The van der Waals surface area contributed by atoms with Gasteiger partial charge in [0.25, 0.3) is 5.91 Å². The van der Waals surface area contributed by atoms with Gasteiger partial charge in [-0.05, 0) is 44.2 Å². The largest absolute Gasteiger partial charge is 0.506 e. The Bertz CT molecular complexity index is 1460. The third-order valence-corrected chi connectivity index (χ3v) is 6.47. The molecule has 1 aliphatic rings. The SMILES string of the molecule is CCOC(=O)CC(NC(=O)CNC(=O)c1cc(NC2=NCCN2C(=O)OCC)cc(C(F)(F)F)c1)c1cc(Cl)cc(Cl)c1O. The first kappa shape index (κ1) is 34.3. The second-order valence-electron chi connectivity index (χ2n) is 9.12. The predicted molar refractivity (Wildman–Crippen MR) is 154 cm³/mol. The standard InChI is InChI=1S/C27H28Cl2F3N5O7/c1-3-43-22(39)12-20(18-10-16(28)11-19(29)23(18)40)36-21(38)13-34-24(41)14-7-15(27(30,31)32)9-17(8-14)35-25-33-5-6-37(25)26(42)44-4-2/h7-11,20,40H,3-6,12-13H2,1-2H3,(H,33,35)(H,34,41)(H,36,38). The minimum Gasteiger partial charge on any atom is -0.506 e. The third kappa shape index (κ3) is 9.13. The van der Waals surface area contributed by atoms with Gasteiger partial charge in [0, 0.05) is 21.8 Å².